The van der Waals surface area contributed by atoms with Crippen LogP contribution in [0.15, 0.2) is 28.7 Å². The number of halogens is 1. The van der Waals surface area contributed by atoms with Crippen LogP contribution < -0.4 is 4.74 Å². The Kier molecular flexibility index (Phi) is 4.12. The molecule has 1 aromatic carbocycles. The summed E-state index contributed by atoms with van der Waals surface area (Å²) in [6, 6.07) is 6.70. The zero-order valence-corrected chi connectivity index (χ0v) is 10.5. The van der Waals surface area contributed by atoms with Crippen LogP contribution in [0, 0.1) is 0 Å². The standard InChI is InChI=1S/C9H11BrO4S/c1-2-9(15(11,12)13)14-8-5-3-7(10)4-6-8/h3-6,9H,2H2,1H3,(H,11,12,13). The van der Waals surface area contributed by atoms with Gasteiger partial charge in [0.2, 0.25) is 5.44 Å². The zero-order valence-electron chi connectivity index (χ0n) is 8.05. The van der Waals surface area contributed by atoms with Crippen molar-refractivity contribution in [2.75, 3.05) is 0 Å². The molecule has 4 nitrogen and oxygen atoms in total. The van der Waals surface area contributed by atoms with Gasteiger partial charge in [-0.15, -0.1) is 0 Å². The van der Waals surface area contributed by atoms with E-state index in [2.05, 4.69) is 15.9 Å². The number of rotatable bonds is 4. The highest BCUT2D eigenvalue weighted by Gasteiger charge is 2.22. The Morgan fingerprint density at radius 2 is 1.93 bits per heavy atom. The largest absolute Gasteiger partial charge is 0.472 e. The molecule has 0 saturated heterocycles. The Morgan fingerprint density at radius 1 is 1.40 bits per heavy atom. The molecule has 0 aliphatic carbocycles. The van der Waals surface area contributed by atoms with Crippen LogP contribution in [0.4, 0.5) is 0 Å². The minimum Gasteiger partial charge on any atom is -0.472 e. The molecule has 0 aliphatic rings. The highest BCUT2D eigenvalue weighted by atomic mass is 79.9. The third-order valence-electron chi connectivity index (χ3n) is 1.75. The van der Waals surface area contributed by atoms with Crippen molar-refractivity contribution in [3.63, 3.8) is 0 Å². The van der Waals surface area contributed by atoms with Crippen molar-refractivity contribution in [3.05, 3.63) is 28.7 Å². The van der Waals surface area contributed by atoms with Crippen LogP contribution in [0.25, 0.3) is 0 Å². The Balaban J connectivity index is 2.80. The van der Waals surface area contributed by atoms with E-state index in [0.29, 0.717) is 5.75 Å². The summed E-state index contributed by atoms with van der Waals surface area (Å²) in [5, 5.41) is 0. The Bertz CT molecular complexity index is 412. The average Bonchev–Trinajstić information content (AvgIpc) is 2.15. The lowest BCUT2D eigenvalue weighted by atomic mass is 10.3. The lowest BCUT2D eigenvalue weighted by Crippen LogP contribution is -2.25. The predicted molar refractivity (Wildman–Crippen MR) is 60.4 cm³/mol. The molecule has 1 aromatic rings. The van der Waals surface area contributed by atoms with Gasteiger partial charge in [-0.25, -0.2) is 0 Å². The summed E-state index contributed by atoms with van der Waals surface area (Å²) in [4.78, 5) is 0. The third kappa shape index (κ3) is 3.81. The van der Waals surface area contributed by atoms with Gasteiger partial charge >= 0.3 is 10.1 Å². The van der Waals surface area contributed by atoms with Crippen molar-refractivity contribution in [2.45, 2.75) is 18.8 Å². The van der Waals surface area contributed by atoms with Gasteiger partial charge < -0.3 is 4.74 Å². The average molecular weight is 295 g/mol. The van der Waals surface area contributed by atoms with Crippen molar-refractivity contribution in [3.8, 4) is 5.75 Å². The van der Waals surface area contributed by atoms with E-state index in [1.807, 2.05) is 0 Å². The first kappa shape index (κ1) is 12.5. The Morgan fingerprint density at radius 3 is 2.33 bits per heavy atom. The fourth-order valence-electron chi connectivity index (χ4n) is 1.02. The van der Waals surface area contributed by atoms with Gasteiger partial charge in [-0.3, -0.25) is 4.55 Å². The molecule has 0 saturated carbocycles. The second-order valence-corrected chi connectivity index (χ2v) is 5.40. The molecule has 1 rings (SSSR count). The first-order chi connectivity index (χ1) is 6.93. The van der Waals surface area contributed by atoms with Gasteiger partial charge in [0.1, 0.15) is 5.75 Å². The Labute approximate surface area is 97.1 Å². The maximum Gasteiger partial charge on any atom is 0.303 e. The summed E-state index contributed by atoms with van der Waals surface area (Å²) in [6.45, 7) is 1.62. The van der Waals surface area contributed by atoms with Crippen molar-refractivity contribution in [1.29, 1.82) is 0 Å². The second kappa shape index (κ2) is 4.96. The number of hydrogen-bond donors (Lipinski definition) is 1. The Hall–Kier alpha value is -0.590. The molecule has 0 bridgehead atoms. The molecule has 6 heteroatoms. The molecule has 0 aliphatic heterocycles. The molecule has 0 fully saturated rings. The lowest BCUT2D eigenvalue weighted by molar-refractivity contribution is 0.252. The predicted octanol–water partition coefficient (Wildman–Crippen LogP) is 2.45. The summed E-state index contributed by atoms with van der Waals surface area (Å²) in [5.41, 5.74) is -1.21. The monoisotopic (exact) mass is 294 g/mol. The van der Waals surface area contributed by atoms with Gasteiger partial charge in [-0.1, -0.05) is 22.9 Å². The van der Waals surface area contributed by atoms with Crippen molar-refractivity contribution >= 4 is 26.0 Å². The maximum atomic E-state index is 10.9. The molecular formula is C9H11BrO4S. The van der Waals surface area contributed by atoms with Crippen molar-refractivity contribution in [2.24, 2.45) is 0 Å². The van der Waals surface area contributed by atoms with Crippen LogP contribution in [0.5, 0.6) is 5.75 Å². The van der Waals surface area contributed by atoms with Crippen molar-refractivity contribution in [1.82, 2.24) is 0 Å². The van der Waals surface area contributed by atoms with Crippen LogP contribution in [-0.2, 0) is 10.1 Å². The molecular weight excluding hydrogens is 284 g/mol. The minimum absolute atomic E-state index is 0.189. The topological polar surface area (TPSA) is 63.6 Å². The van der Waals surface area contributed by atoms with E-state index in [-0.39, 0.29) is 6.42 Å². The summed E-state index contributed by atoms with van der Waals surface area (Å²) < 4.78 is 36.5. The molecule has 0 spiro atoms. The number of hydrogen-bond acceptors (Lipinski definition) is 3. The molecule has 15 heavy (non-hydrogen) atoms. The maximum absolute atomic E-state index is 10.9. The van der Waals surface area contributed by atoms with Crippen LogP contribution >= 0.6 is 15.9 Å². The fourth-order valence-corrected chi connectivity index (χ4v) is 1.94. The zero-order chi connectivity index (χ0) is 11.5. The molecule has 84 valence electrons. The smallest absolute Gasteiger partial charge is 0.303 e. The molecule has 0 radical (unpaired) electrons. The highest BCUT2D eigenvalue weighted by molar-refractivity contribution is 9.10. The van der Waals surface area contributed by atoms with Gasteiger partial charge in [-0.05, 0) is 30.7 Å². The third-order valence-corrected chi connectivity index (χ3v) is 3.37. The number of ether oxygens (including phenoxy) is 1. The molecule has 1 atom stereocenters. The van der Waals surface area contributed by atoms with Gasteiger partial charge in [0, 0.05) is 4.47 Å². The molecule has 1 N–H and O–H groups in total. The van der Waals surface area contributed by atoms with E-state index in [0.717, 1.165) is 4.47 Å². The van der Waals surface area contributed by atoms with E-state index < -0.39 is 15.6 Å². The fraction of sp³-hybridized carbons (Fsp3) is 0.333. The van der Waals surface area contributed by atoms with E-state index in [1.165, 1.54) is 0 Å². The molecule has 0 aromatic heterocycles. The van der Waals surface area contributed by atoms with E-state index in [9.17, 15) is 8.42 Å². The molecule has 0 heterocycles. The lowest BCUT2D eigenvalue weighted by Gasteiger charge is -2.14. The summed E-state index contributed by atoms with van der Waals surface area (Å²) in [7, 11) is -4.16. The summed E-state index contributed by atoms with van der Waals surface area (Å²) in [6.07, 6.45) is 0.189. The van der Waals surface area contributed by atoms with E-state index in [4.69, 9.17) is 9.29 Å². The second-order valence-electron chi connectivity index (χ2n) is 2.92. The van der Waals surface area contributed by atoms with Gasteiger partial charge in [0.25, 0.3) is 0 Å². The quantitative estimate of drug-likeness (QED) is 0.867. The highest BCUT2D eigenvalue weighted by Crippen LogP contribution is 2.19. The minimum atomic E-state index is -4.16. The van der Waals surface area contributed by atoms with Crippen LogP contribution in [0.2, 0.25) is 0 Å². The van der Waals surface area contributed by atoms with E-state index in [1.54, 1.807) is 31.2 Å². The number of benzene rings is 1. The van der Waals surface area contributed by atoms with Gasteiger partial charge in [-0.2, -0.15) is 8.42 Å². The summed E-state index contributed by atoms with van der Waals surface area (Å²) >= 11 is 3.25. The van der Waals surface area contributed by atoms with E-state index >= 15 is 0 Å². The molecule has 0 amide bonds. The van der Waals surface area contributed by atoms with Gasteiger partial charge in [0.15, 0.2) is 0 Å². The van der Waals surface area contributed by atoms with Crippen LogP contribution in [0.1, 0.15) is 13.3 Å². The molecule has 1 unspecified atom stereocenters. The first-order valence-electron chi connectivity index (χ1n) is 4.32. The van der Waals surface area contributed by atoms with Gasteiger partial charge in [0.05, 0.1) is 0 Å². The van der Waals surface area contributed by atoms with Crippen LogP contribution in [-0.4, -0.2) is 18.4 Å². The SMILES string of the molecule is CCC(Oc1ccc(Br)cc1)S(=O)(=O)O. The van der Waals surface area contributed by atoms with Crippen molar-refractivity contribution < 1.29 is 17.7 Å². The first-order valence-corrected chi connectivity index (χ1v) is 6.61. The normalized spacial score (nSPS) is 13.5. The van der Waals surface area contributed by atoms with Crippen LogP contribution in [0.3, 0.4) is 0 Å². The summed E-state index contributed by atoms with van der Waals surface area (Å²) in [5.74, 6) is 0.405.